The first-order valence-corrected chi connectivity index (χ1v) is 6.56. The molecule has 1 atom stereocenters. The van der Waals surface area contributed by atoms with E-state index < -0.39 is 0 Å². The van der Waals surface area contributed by atoms with Gasteiger partial charge in [-0.3, -0.25) is 4.79 Å². The van der Waals surface area contributed by atoms with Crippen molar-refractivity contribution in [2.45, 2.75) is 26.3 Å². The zero-order chi connectivity index (χ0) is 11.5. The highest BCUT2D eigenvalue weighted by atomic mass is 32.2. The highest BCUT2D eigenvalue weighted by Crippen LogP contribution is 1.91. The molecule has 0 radical (unpaired) electrons. The summed E-state index contributed by atoms with van der Waals surface area (Å²) in [6.45, 7) is 7.03. The molecule has 0 spiro atoms. The zero-order valence-electron chi connectivity index (χ0n) is 9.84. The van der Waals surface area contributed by atoms with Gasteiger partial charge in [0.05, 0.1) is 13.2 Å². The maximum Gasteiger partial charge on any atom is 0.278 e. The summed E-state index contributed by atoms with van der Waals surface area (Å²) in [7, 11) is 0. The number of carbonyl (C=O) groups is 1. The van der Waals surface area contributed by atoms with Crippen LogP contribution in [-0.2, 0) is 4.74 Å². The van der Waals surface area contributed by atoms with Gasteiger partial charge < -0.3 is 15.4 Å². The summed E-state index contributed by atoms with van der Waals surface area (Å²) in [5.74, 6) is 0. The fraction of sp³-hybridized carbons (Fsp3) is 0.900. The second kappa shape index (κ2) is 10.3. The molecule has 0 rings (SSSR count). The number of amides is 1. The summed E-state index contributed by atoms with van der Waals surface area (Å²) in [5, 5.41) is 6.05. The van der Waals surface area contributed by atoms with E-state index in [1.807, 2.05) is 0 Å². The Morgan fingerprint density at radius 1 is 1.40 bits per heavy atom. The monoisotopic (exact) mass is 234 g/mol. The Morgan fingerprint density at radius 2 is 2.07 bits per heavy atom. The van der Waals surface area contributed by atoms with Gasteiger partial charge >= 0.3 is 0 Å². The van der Waals surface area contributed by atoms with Crippen molar-refractivity contribution in [3.8, 4) is 0 Å². The molecule has 4 nitrogen and oxygen atoms in total. The van der Waals surface area contributed by atoms with Gasteiger partial charge in [-0.1, -0.05) is 18.7 Å². The summed E-state index contributed by atoms with van der Waals surface area (Å²) in [4.78, 5) is 10.8. The molecule has 0 heterocycles. The van der Waals surface area contributed by atoms with Crippen LogP contribution in [0.4, 0.5) is 4.79 Å². The minimum absolute atomic E-state index is 0.00340. The lowest BCUT2D eigenvalue weighted by Crippen LogP contribution is -2.30. The van der Waals surface area contributed by atoms with E-state index in [1.54, 1.807) is 6.26 Å². The van der Waals surface area contributed by atoms with Crippen molar-refractivity contribution < 1.29 is 9.53 Å². The quantitative estimate of drug-likeness (QED) is 0.624. The van der Waals surface area contributed by atoms with Gasteiger partial charge in [-0.05, 0) is 19.6 Å². The van der Waals surface area contributed by atoms with Gasteiger partial charge in [0.15, 0.2) is 0 Å². The van der Waals surface area contributed by atoms with Crippen LogP contribution in [0.25, 0.3) is 0 Å². The molecule has 2 N–H and O–H groups in total. The third kappa shape index (κ3) is 10.0. The van der Waals surface area contributed by atoms with E-state index in [1.165, 1.54) is 11.8 Å². The predicted molar refractivity (Wildman–Crippen MR) is 65.5 cm³/mol. The normalized spacial score (nSPS) is 12.5. The molecule has 0 fully saturated rings. The average molecular weight is 234 g/mol. The van der Waals surface area contributed by atoms with E-state index in [2.05, 4.69) is 24.5 Å². The molecule has 0 bridgehead atoms. The largest absolute Gasteiger partial charge is 0.378 e. The van der Waals surface area contributed by atoms with Crippen LogP contribution < -0.4 is 10.6 Å². The van der Waals surface area contributed by atoms with Crippen LogP contribution in [0.1, 0.15) is 20.3 Å². The Kier molecular flexibility index (Phi) is 10.1. The smallest absolute Gasteiger partial charge is 0.278 e. The molecule has 0 aliphatic heterocycles. The van der Waals surface area contributed by atoms with Crippen LogP contribution in [-0.4, -0.2) is 43.8 Å². The molecule has 0 aromatic rings. The van der Waals surface area contributed by atoms with Crippen molar-refractivity contribution in [3.05, 3.63) is 0 Å². The predicted octanol–water partition coefficient (Wildman–Crippen LogP) is 1.46. The molecule has 1 amide bonds. The molecule has 0 aromatic carbocycles. The van der Waals surface area contributed by atoms with Crippen molar-refractivity contribution in [2.24, 2.45) is 0 Å². The lowest BCUT2D eigenvalue weighted by molar-refractivity contribution is 0.137. The Morgan fingerprint density at radius 3 is 2.67 bits per heavy atom. The molecule has 0 aromatic heterocycles. The van der Waals surface area contributed by atoms with Crippen LogP contribution in [0.15, 0.2) is 0 Å². The first kappa shape index (κ1) is 14.7. The summed E-state index contributed by atoms with van der Waals surface area (Å²) in [6, 6.07) is 0.546. The fourth-order valence-electron chi connectivity index (χ4n) is 0.921. The van der Waals surface area contributed by atoms with Crippen LogP contribution in [0, 0.1) is 0 Å². The van der Waals surface area contributed by atoms with Gasteiger partial charge in [0.25, 0.3) is 5.24 Å². The van der Waals surface area contributed by atoms with Crippen molar-refractivity contribution in [2.75, 3.05) is 32.6 Å². The standard InChI is InChI=1S/C10H22N2O2S/c1-4-9(2)11-5-7-14-8-6-12-10(13)15-3/h9,11H,4-8H2,1-3H3,(H,12,13). The number of thioether (sulfide) groups is 1. The average Bonchev–Trinajstić information content (AvgIpc) is 2.26. The second-order valence-electron chi connectivity index (χ2n) is 3.29. The van der Waals surface area contributed by atoms with E-state index in [-0.39, 0.29) is 5.24 Å². The SMILES string of the molecule is CCC(C)NCCOCCNC(=O)SC. The van der Waals surface area contributed by atoms with Crippen molar-refractivity contribution in [3.63, 3.8) is 0 Å². The number of hydrogen-bond donors (Lipinski definition) is 2. The molecule has 0 aliphatic rings. The number of rotatable bonds is 8. The highest BCUT2D eigenvalue weighted by molar-refractivity contribution is 8.12. The molecule has 5 heteroatoms. The fourth-order valence-corrected chi connectivity index (χ4v) is 1.17. The minimum atomic E-state index is -0.00340. The van der Waals surface area contributed by atoms with Crippen molar-refractivity contribution in [1.29, 1.82) is 0 Å². The Balaban J connectivity index is 3.08. The summed E-state index contributed by atoms with van der Waals surface area (Å²) in [6.07, 6.45) is 2.88. The molecule has 0 saturated carbocycles. The molecular weight excluding hydrogens is 212 g/mol. The minimum Gasteiger partial charge on any atom is -0.378 e. The molecule has 0 saturated heterocycles. The second-order valence-corrected chi connectivity index (χ2v) is 4.07. The van der Waals surface area contributed by atoms with Crippen molar-refractivity contribution in [1.82, 2.24) is 10.6 Å². The van der Waals surface area contributed by atoms with E-state index >= 15 is 0 Å². The van der Waals surface area contributed by atoms with Gasteiger partial charge in [-0.25, -0.2) is 0 Å². The zero-order valence-corrected chi connectivity index (χ0v) is 10.7. The molecular formula is C10H22N2O2S. The summed E-state index contributed by atoms with van der Waals surface area (Å²) >= 11 is 1.18. The molecule has 15 heavy (non-hydrogen) atoms. The number of nitrogens with one attached hydrogen (secondary N) is 2. The summed E-state index contributed by atoms with van der Waals surface area (Å²) < 4.78 is 5.34. The van der Waals surface area contributed by atoms with E-state index in [4.69, 9.17) is 4.74 Å². The first-order valence-electron chi connectivity index (χ1n) is 5.33. The van der Waals surface area contributed by atoms with Crippen molar-refractivity contribution >= 4 is 17.0 Å². The Hall–Kier alpha value is -0.260. The van der Waals surface area contributed by atoms with Gasteiger partial charge in [0, 0.05) is 19.1 Å². The topological polar surface area (TPSA) is 50.4 Å². The third-order valence-electron chi connectivity index (χ3n) is 2.05. The van der Waals surface area contributed by atoms with Crippen LogP contribution >= 0.6 is 11.8 Å². The molecule has 90 valence electrons. The number of ether oxygens (including phenoxy) is 1. The van der Waals surface area contributed by atoms with E-state index in [0.29, 0.717) is 25.8 Å². The molecule has 1 unspecified atom stereocenters. The highest BCUT2D eigenvalue weighted by Gasteiger charge is 1.97. The van der Waals surface area contributed by atoms with Gasteiger partial charge in [-0.2, -0.15) is 0 Å². The van der Waals surface area contributed by atoms with Crippen LogP contribution in [0.3, 0.4) is 0 Å². The van der Waals surface area contributed by atoms with Crippen LogP contribution in [0.2, 0.25) is 0 Å². The number of hydrogen-bond acceptors (Lipinski definition) is 4. The third-order valence-corrected chi connectivity index (χ3v) is 2.57. The Bertz CT molecular complexity index is 168. The van der Waals surface area contributed by atoms with Gasteiger partial charge in [0.2, 0.25) is 0 Å². The van der Waals surface area contributed by atoms with Gasteiger partial charge in [-0.15, -0.1) is 0 Å². The molecule has 0 aliphatic carbocycles. The number of carbonyl (C=O) groups excluding carboxylic acids is 1. The maximum atomic E-state index is 10.8. The Labute approximate surface area is 96.5 Å². The van der Waals surface area contributed by atoms with Gasteiger partial charge in [0.1, 0.15) is 0 Å². The van der Waals surface area contributed by atoms with E-state index in [0.717, 1.165) is 13.0 Å². The lowest BCUT2D eigenvalue weighted by atomic mass is 10.3. The first-order chi connectivity index (χ1) is 7.20. The maximum absolute atomic E-state index is 10.8. The van der Waals surface area contributed by atoms with E-state index in [9.17, 15) is 4.79 Å². The lowest BCUT2D eigenvalue weighted by Gasteiger charge is -2.11. The van der Waals surface area contributed by atoms with Crippen LogP contribution in [0.5, 0.6) is 0 Å². The summed E-state index contributed by atoms with van der Waals surface area (Å²) in [5.41, 5.74) is 0.